The van der Waals surface area contributed by atoms with E-state index in [4.69, 9.17) is 15.2 Å². The van der Waals surface area contributed by atoms with Gasteiger partial charge in [-0.15, -0.1) is 0 Å². The smallest absolute Gasteiger partial charge is 0.271 e. The molecule has 1 atom stereocenters. The third-order valence-electron chi connectivity index (χ3n) is 5.05. The SMILES string of the molecule is Cn1nc2ccc(OCC3CC3)cc2c1C(=O)NC1(C(N)=O)CCOC1. The van der Waals surface area contributed by atoms with Crippen LogP contribution < -0.4 is 15.8 Å². The van der Waals surface area contributed by atoms with Gasteiger partial charge in [0.1, 0.15) is 17.0 Å². The molecule has 26 heavy (non-hydrogen) atoms. The molecule has 1 aromatic carbocycles. The van der Waals surface area contributed by atoms with Gasteiger partial charge in [0.15, 0.2) is 0 Å². The maximum absolute atomic E-state index is 12.9. The second-order valence-electron chi connectivity index (χ2n) is 7.11. The van der Waals surface area contributed by atoms with Crippen LogP contribution in [0.4, 0.5) is 0 Å². The largest absolute Gasteiger partial charge is 0.493 e. The predicted molar refractivity (Wildman–Crippen MR) is 93.8 cm³/mol. The van der Waals surface area contributed by atoms with Crippen molar-refractivity contribution in [3.63, 3.8) is 0 Å². The van der Waals surface area contributed by atoms with Gasteiger partial charge in [-0.25, -0.2) is 0 Å². The van der Waals surface area contributed by atoms with E-state index in [0.29, 0.717) is 47.9 Å². The lowest BCUT2D eigenvalue weighted by Gasteiger charge is -2.24. The molecule has 0 spiro atoms. The van der Waals surface area contributed by atoms with Crippen LogP contribution in [-0.2, 0) is 16.6 Å². The summed E-state index contributed by atoms with van der Waals surface area (Å²) >= 11 is 0. The zero-order chi connectivity index (χ0) is 18.3. The standard InChI is InChI=1S/C18H22N4O4/c1-22-15(16(23)20-18(17(19)24)6-7-25-10-18)13-8-12(4-5-14(13)21-22)26-9-11-2-3-11/h4-5,8,11H,2-3,6-7,9-10H2,1H3,(H2,19,24)(H,20,23). The highest BCUT2D eigenvalue weighted by molar-refractivity contribution is 6.07. The molecule has 4 rings (SSSR count). The fraction of sp³-hybridized carbons (Fsp3) is 0.500. The summed E-state index contributed by atoms with van der Waals surface area (Å²) in [7, 11) is 1.70. The minimum atomic E-state index is -1.17. The average Bonchev–Trinajstić information content (AvgIpc) is 3.20. The molecule has 0 bridgehead atoms. The van der Waals surface area contributed by atoms with Crippen molar-refractivity contribution < 1.29 is 19.1 Å². The summed E-state index contributed by atoms with van der Waals surface area (Å²) in [6, 6.07) is 5.51. The molecule has 138 valence electrons. The fourth-order valence-corrected chi connectivity index (χ4v) is 3.23. The van der Waals surface area contributed by atoms with Gasteiger partial charge in [-0.2, -0.15) is 5.10 Å². The van der Waals surface area contributed by atoms with Gasteiger partial charge in [0, 0.05) is 25.5 Å². The van der Waals surface area contributed by atoms with Crippen molar-refractivity contribution in [3.8, 4) is 5.75 Å². The topological polar surface area (TPSA) is 108 Å². The number of nitrogens with zero attached hydrogens (tertiary/aromatic N) is 2. The number of amides is 2. The summed E-state index contributed by atoms with van der Waals surface area (Å²) in [5.74, 6) is 0.349. The summed E-state index contributed by atoms with van der Waals surface area (Å²) in [5.41, 5.74) is 5.39. The first-order valence-corrected chi connectivity index (χ1v) is 8.78. The van der Waals surface area contributed by atoms with Crippen molar-refractivity contribution in [2.24, 2.45) is 18.7 Å². The molecule has 1 aliphatic carbocycles. The number of hydrogen-bond donors (Lipinski definition) is 2. The predicted octanol–water partition coefficient (Wildman–Crippen LogP) is 0.736. The lowest BCUT2D eigenvalue weighted by molar-refractivity contribution is -0.124. The summed E-state index contributed by atoms with van der Waals surface area (Å²) in [5, 5.41) is 7.82. The van der Waals surface area contributed by atoms with E-state index in [2.05, 4.69) is 10.4 Å². The molecule has 2 heterocycles. The minimum Gasteiger partial charge on any atom is -0.493 e. The molecule has 3 N–H and O–H groups in total. The molecule has 8 heteroatoms. The maximum Gasteiger partial charge on any atom is 0.271 e. The van der Waals surface area contributed by atoms with Crippen LogP contribution in [0.15, 0.2) is 18.2 Å². The van der Waals surface area contributed by atoms with E-state index in [1.165, 1.54) is 17.5 Å². The third-order valence-corrected chi connectivity index (χ3v) is 5.05. The summed E-state index contributed by atoms with van der Waals surface area (Å²) in [4.78, 5) is 24.8. The Kier molecular flexibility index (Phi) is 4.07. The Balaban J connectivity index is 1.63. The fourth-order valence-electron chi connectivity index (χ4n) is 3.23. The quantitative estimate of drug-likeness (QED) is 0.792. The maximum atomic E-state index is 12.9. The summed E-state index contributed by atoms with van der Waals surface area (Å²) in [6.45, 7) is 1.16. The molecule has 1 saturated heterocycles. The van der Waals surface area contributed by atoms with Crippen molar-refractivity contribution in [1.82, 2.24) is 15.1 Å². The van der Waals surface area contributed by atoms with Crippen LogP contribution in [0.25, 0.3) is 10.9 Å². The van der Waals surface area contributed by atoms with Crippen LogP contribution in [0.5, 0.6) is 5.75 Å². The first-order valence-electron chi connectivity index (χ1n) is 8.78. The van der Waals surface area contributed by atoms with Crippen molar-refractivity contribution in [2.45, 2.75) is 24.8 Å². The van der Waals surface area contributed by atoms with Crippen molar-refractivity contribution in [1.29, 1.82) is 0 Å². The Morgan fingerprint density at radius 2 is 2.27 bits per heavy atom. The number of primary amides is 1. The van der Waals surface area contributed by atoms with E-state index >= 15 is 0 Å². The second-order valence-corrected chi connectivity index (χ2v) is 7.11. The van der Waals surface area contributed by atoms with Crippen LogP contribution in [0.2, 0.25) is 0 Å². The number of nitrogens with one attached hydrogen (secondary N) is 1. The normalized spacial score (nSPS) is 22.5. The van der Waals surface area contributed by atoms with Crippen LogP contribution in [0.1, 0.15) is 29.8 Å². The molecule has 1 aromatic heterocycles. The van der Waals surface area contributed by atoms with Crippen molar-refractivity contribution in [2.75, 3.05) is 19.8 Å². The zero-order valence-corrected chi connectivity index (χ0v) is 14.7. The number of carbonyl (C=O) groups is 2. The van der Waals surface area contributed by atoms with E-state index < -0.39 is 17.4 Å². The van der Waals surface area contributed by atoms with Gasteiger partial charge >= 0.3 is 0 Å². The van der Waals surface area contributed by atoms with Gasteiger partial charge < -0.3 is 20.5 Å². The molecule has 1 aliphatic heterocycles. The van der Waals surface area contributed by atoms with Gasteiger partial charge in [0.05, 0.1) is 18.7 Å². The molecule has 8 nitrogen and oxygen atoms in total. The van der Waals surface area contributed by atoms with Crippen molar-refractivity contribution in [3.05, 3.63) is 23.9 Å². The molecule has 1 unspecified atom stereocenters. The number of carbonyl (C=O) groups excluding carboxylic acids is 2. The second kappa shape index (κ2) is 6.28. The summed E-state index contributed by atoms with van der Waals surface area (Å²) < 4.78 is 12.6. The van der Waals surface area contributed by atoms with Crippen LogP contribution in [0.3, 0.4) is 0 Å². The number of aryl methyl sites for hydroxylation is 1. The lowest BCUT2D eigenvalue weighted by atomic mass is 9.97. The number of fused-ring (bicyclic) bond motifs is 1. The van der Waals surface area contributed by atoms with E-state index in [9.17, 15) is 9.59 Å². The van der Waals surface area contributed by atoms with Crippen LogP contribution in [-0.4, -0.2) is 47.0 Å². The number of ether oxygens (including phenoxy) is 2. The molecule has 2 aliphatic rings. The van der Waals surface area contributed by atoms with E-state index in [1.54, 1.807) is 7.05 Å². The van der Waals surface area contributed by atoms with Gasteiger partial charge in [0.25, 0.3) is 5.91 Å². The molecule has 2 fully saturated rings. The highest BCUT2D eigenvalue weighted by Crippen LogP contribution is 2.31. The highest BCUT2D eigenvalue weighted by atomic mass is 16.5. The van der Waals surface area contributed by atoms with Gasteiger partial charge in [-0.1, -0.05) is 0 Å². The number of rotatable bonds is 6. The van der Waals surface area contributed by atoms with Gasteiger partial charge in [0.2, 0.25) is 5.91 Å². The Bertz CT molecular complexity index is 865. The molecule has 0 radical (unpaired) electrons. The zero-order valence-electron chi connectivity index (χ0n) is 14.7. The Morgan fingerprint density at radius 3 is 2.92 bits per heavy atom. The first kappa shape index (κ1) is 16.8. The third kappa shape index (κ3) is 3.01. The number of benzene rings is 1. The first-order chi connectivity index (χ1) is 12.5. The number of nitrogens with two attached hydrogens (primary N) is 1. The molecule has 2 aromatic rings. The number of hydrogen-bond acceptors (Lipinski definition) is 5. The Morgan fingerprint density at radius 1 is 1.46 bits per heavy atom. The van der Waals surface area contributed by atoms with Crippen molar-refractivity contribution >= 4 is 22.7 Å². The van der Waals surface area contributed by atoms with E-state index in [0.717, 1.165) is 0 Å². The number of aromatic nitrogens is 2. The molecule has 1 saturated carbocycles. The minimum absolute atomic E-state index is 0.0829. The van der Waals surface area contributed by atoms with E-state index in [-0.39, 0.29) is 6.61 Å². The lowest BCUT2D eigenvalue weighted by Crippen LogP contribution is -2.58. The van der Waals surface area contributed by atoms with Crippen LogP contribution in [0, 0.1) is 5.92 Å². The Labute approximate surface area is 150 Å². The molecular weight excluding hydrogens is 336 g/mol. The molecular formula is C18H22N4O4. The summed E-state index contributed by atoms with van der Waals surface area (Å²) in [6.07, 6.45) is 2.78. The monoisotopic (exact) mass is 358 g/mol. The van der Waals surface area contributed by atoms with Crippen LogP contribution >= 0.6 is 0 Å². The highest BCUT2D eigenvalue weighted by Gasteiger charge is 2.43. The van der Waals surface area contributed by atoms with E-state index in [1.807, 2.05) is 18.2 Å². The molecule has 2 amide bonds. The Hall–Kier alpha value is -2.61. The average molecular weight is 358 g/mol. The van der Waals surface area contributed by atoms with Gasteiger partial charge in [-0.05, 0) is 37.0 Å². The van der Waals surface area contributed by atoms with Gasteiger partial charge in [-0.3, -0.25) is 14.3 Å².